The second-order valence-corrected chi connectivity index (χ2v) is 7.85. The molecule has 27 heavy (non-hydrogen) atoms. The number of carbonyl (C=O) groups is 1. The molecule has 1 aliphatic carbocycles. The third-order valence-corrected chi connectivity index (χ3v) is 5.95. The molecule has 3 aromatic rings. The number of hydrogen-bond acceptors (Lipinski definition) is 4. The largest absolute Gasteiger partial charge is 0.360 e. The summed E-state index contributed by atoms with van der Waals surface area (Å²) in [5.74, 6) is 1.44. The van der Waals surface area contributed by atoms with Crippen molar-refractivity contribution in [2.75, 3.05) is 0 Å². The zero-order valence-corrected chi connectivity index (χ0v) is 16.1. The van der Waals surface area contributed by atoms with Crippen LogP contribution in [0.15, 0.2) is 64.0 Å². The number of thioether (sulfide) groups is 1. The molecule has 1 aromatic heterocycles. The molecular weight excluding hydrogens is 356 g/mol. The molecule has 1 heterocycles. The molecule has 4 rings (SSSR count). The first-order valence-electron chi connectivity index (χ1n) is 9.23. The van der Waals surface area contributed by atoms with Gasteiger partial charge in [0.05, 0.1) is 23.1 Å². The molecule has 138 valence electrons. The van der Waals surface area contributed by atoms with Crippen molar-refractivity contribution in [2.24, 2.45) is 0 Å². The van der Waals surface area contributed by atoms with Gasteiger partial charge in [0.2, 0.25) is 0 Å². The van der Waals surface area contributed by atoms with Crippen LogP contribution in [-0.4, -0.2) is 11.1 Å². The highest BCUT2D eigenvalue weighted by atomic mass is 32.2. The minimum atomic E-state index is -0.0199. The van der Waals surface area contributed by atoms with Gasteiger partial charge in [-0.2, -0.15) is 0 Å². The van der Waals surface area contributed by atoms with Crippen molar-refractivity contribution in [3.63, 3.8) is 0 Å². The first kappa shape index (κ1) is 17.9. The quantitative estimate of drug-likeness (QED) is 0.629. The highest BCUT2D eigenvalue weighted by Crippen LogP contribution is 2.31. The Labute approximate surface area is 163 Å². The molecule has 0 radical (unpaired) electrons. The minimum Gasteiger partial charge on any atom is -0.360 e. The predicted molar refractivity (Wildman–Crippen MR) is 107 cm³/mol. The number of carbonyl (C=O) groups excluding carboxylic acids is 1. The van der Waals surface area contributed by atoms with Crippen LogP contribution in [0.3, 0.4) is 0 Å². The van der Waals surface area contributed by atoms with Crippen LogP contribution in [0.4, 0.5) is 0 Å². The van der Waals surface area contributed by atoms with Gasteiger partial charge in [-0.15, -0.1) is 11.8 Å². The van der Waals surface area contributed by atoms with Crippen LogP contribution in [0, 0.1) is 6.92 Å². The lowest BCUT2D eigenvalue weighted by Crippen LogP contribution is -2.31. The number of fused-ring (bicyclic) bond motifs is 1. The van der Waals surface area contributed by atoms with Crippen molar-refractivity contribution in [3.8, 4) is 0 Å². The van der Waals surface area contributed by atoms with Crippen LogP contribution >= 0.6 is 11.8 Å². The van der Waals surface area contributed by atoms with E-state index in [1.807, 2.05) is 43.3 Å². The summed E-state index contributed by atoms with van der Waals surface area (Å²) < 4.78 is 5.28. The fourth-order valence-corrected chi connectivity index (χ4v) is 4.48. The molecule has 0 spiro atoms. The number of rotatable bonds is 5. The first-order chi connectivity index (χ1) is 13.2. The summed E-state index contributed by atoms with van der Waals surface area (Å²) >= 11 is 1.59. The van der Waals surface area contributed by atoms with E-state index in [-0.39, 0.29) is 11.9 Å². The Balaban J connectivity index is 1.49. The average molecular weight is 378 g/mol. The van der Waals surface area contributed by atoms with E-state index in [2.05, 4.69) is 28.7 Å². The van der Waals surface area contributed by atoms with Crippen molar-refractivity contribution in [1.29, 1.82) is 0 Å². The van der Waals surface area contributed by atoms with E-state index in [0.29, 0.717) is 11.3 Å². The van der Waals surface area contributed by atoms with Gasteiger partial charge in [-0.3, -0.25) is 4.79 Å². The standard InChI is InChI=1S/C22H22N2O2S/c1-15-13-17(26-24-15)14-27-21-12-5-4-10-19(21)22(25)23-20-11-6-8-16-7-2-3-9-18(16)20/h2-5,7,9-10,12-13,20H,6,8,11,14H2,1H3,(H,23,25). The Morgan fingerprint density at radius 3 is 2.89 bits per heavy atom. The molecule has 1 aliphatic rings. The Hall–Kier alpha value is -2.53. The summed E-state index contributed by atoms with van der Waals surface area (Å²) in [6, 6.07) is 18.2. The highest BCUT2D eigenvalue weighted by molar-refractivity contribution is 7.98. The fraction of sp³-hybridized carbons (Fsp3) is 0.273. The van der Waals surface area contributed by atoms with Crippen molar-refractivity contribution in [2.45, 2.75) is 42.9 Å². The molecule has 5 heteroatoms. The molecule has 1 atom stereocenters. The zero-order chi connectivity index (χ0) is 18.6. The van der Waals surface area contributed by atoms with Gasteiger partial charge in [0.25, 0.3) is 5.91 Å². The molecule has 2 aromatic carbocycles. The molecular formula is C22H22N2O2S. The van der Waals surface area contributed by atoms with Crippen LogP contribution in [0.5, 0.6) is 0 Å². The number of amides is 1. The third-order valence-electron chi connectivity index (χ3n) is 4.85. The maximum atomic E-state index is 13.0. The van der Waals surface area contributed by atoms with Gasteiger partial charge in [0.15, 0.2) is 0 Å². The lowest BCUT2D eigenvalue weighted by Gasteiger charge is -2.26. The first-order valence-corrected chi connectivity index (χ1v) is 10.2. The van der Waals surface area contributed by atoms with E-state index in [1.165, 1.54) is 11.1 Å². The normalized spacial score (nSPS) is 16.0. The summed E-state index contributed by atoms with van der Waals surface area (Å²) in [5.41, 5.74) is 4.17. The van der Waals surface area contributed by atoms with Gasteiger partial charge in [-0.05, 0) is 49.4 Å². The van der Waals surface area contributed by atoms with Gasteiger partial charge >= 0.3 is 0 Å². The topological polar surface area (TPSA) is 55.1 Å². The van der Waals surface area contributed by atoms with Crippen LogP contribution in [-0.2, 0) is 12.2 Å². The highest BCUT2D eigenvalue weighted by Gasteiger charge is 2.23. The fourth-order valence-electron chi connectivity index (χ4n) is 3.55. The Kier molecular flexibility index (Phi) is 5.30. The van der Waals surface area contributed by atoms with E-state index in [9.17, 15) is 4.79 Å². The van der Waals surface area contributed by atoms with Crippen molar-refractivity contribution in [1.82, 2.24) is 10.5 Å². The van der Waals surface area contributed by atoms with Gasteiger partial charge in [-0.25, -0.2) is 0 Å². The van der Waals surface area contributed by atoms with Gasteiger partial charge in [0, 0.05) is 11.0 Å². The second-order valence-electron chi connectivity index (χ2n) is 6.84. The molecule has 0 bridgehead atoms. The van der Waals surface area contributed by atoms with Crippen molar-refractivity contribution < 1.29 is 9.32 Å². The number of nitrogens with one attached hydrogen (secondary N) is 1. The molecule has 1 amide bonds. The molecule has 0 saturated carbocycles. The van der Waals surface area contributed by atoms with Crippen LogP contribution in [0.25, 0.3) is 0 Å². The average Bonchev–Trinajstić information content (AvgIpc) is 3.12. The zero-order valence-electron chi connectivity index (χ0n) is 15.3. The SMILES string of the molecule is Cc1cc(CSc2ccccc2C(=O)NC2CCCc3ccccc32)on1. The maximum absolute atomic E-state index is 13.0. The summed E-state index contributed by atoms with van der Waals surface area (Å²) in [7, 11) is 0. The number of nitrogens with zero attached hydrogens (tertiary/aromatic N) is 1. The monoisotopic (exact) mass is 378 g/mol. The smallest absolute Gasteiger partial charge is 0.252 e. The Morgan fingerprint density at radius 2 is 2.04 bits per heavy atom. The number of aromatic nitrogens is 1. The predicted octanol–water partition coefficient (Wildman–Crippen LogP) is 5.08. The lowest BCUT2D eigenvalue weighted by atomic mass is 9.87. The lowest BCUT2D eigenvalue weighted by molar-refractivity contribution is 0.0930. The molecule has 0 fully saturated rings. The minimum absolute atomic E-state index is 0.0199. The summed E-state index contributed by atoms with van der Waals surface area (Å²) in [5, 5.41) is 7.16. The van der Waals surface area contributed by atoms with Crippen LogP contribution in [0.2, 0.25) is 0 Å². The van der Waals surface area contributed by atoms with Gasteiger partial charge in [-0.1, -0.05) is 41.6 Å². The molecule has 0 saturated heterocycles. The molecule has 1 N–H and O–H groups in total. The summed E-state index contributed by atoms with van der Waals surface area (Å²) in [6.45, 7) is 1.90. The maximum Gasteiger partial charge on any atom is 0.252 e. The van der Waals surface area contributed by atoms with Crippen molar-refractivity contribution >= 4 is 17.7 Å². The Morgan fingerprint density at radius 1 is 1.22 bits per heavy atom. The number of benzene rings is 2. The summed E-state index contributed by atoms with van der Waals surface area (Å²) in [6.07, 6.45) is 3.17. The molecule has 4 nitrogen and oxygen atoms in total. The van der Waals surface area contributed by atoms with Gasteiger partial charge in [0.1, 0.15) is 5.76 Å². The van der Waals surface area contributed by atoms with Gasteiger partial charge < -0.3 is 9.84 Å². The van der Waals surface area contributed by atoms with E-state index in [1.54, 1.807) is 11.8 Å². The van der Waals surface area contributed by atoms with E-state index >= 15 is 0 Å². The van der Waals surface area contributed by atoms with E-state index < -0.39 is 0 Å². The van der Waals surface area contributed by atoms with E-state index in [0.717, 1.165) is 35.6 Å². The van der Waals surface area contributed by atoms with Crippen LogP contribution in [0.1, 0.15) is 51.8 Å². The molecule has 0 aliphatic heterocycles. The number of aryl methyl sites for hydroxylation is 2. The second kappa shape index (κ2) is 8.01. The number of hydrogen-bond donors (Lipinski definition) is 1. The van der Waals surface area contributed by atoms with Crippen LogP contribution < -0.4 is 5.32 Å². The third kappa shape index (κ3) is 4.08. The Bertz CT molecular complexity index is 951. The molecule has 1 unspecified atom stereocenters. The summed E-state index contributed by atoms with van der Waals surface area (Å²) in [4.78, 5) is 14.0. The van der Waals surface area contributed by atoms with E-state index in [4.69, 9.17) is 4.52 Å². The van der Waals surface area contributed by atoms with Crippen molar-refractivity contribution in [3.05, 3.63) is 82.7 Å².